The van der Waals surface area contributed by atoms with E-state index < -0.39 is 34.5 Å². The first-order valence-corrected chi connectivity index (χ1v) is 4.92. The third kappa shape index (κ3) is 3.93. The summed E-state index contributed by atoms with van der Waals surface area (Å²) in [6, 6.07) is 1.97. The van der Waals surface area contributed by atoms with Gasteiger partial charge >= 0.3 is 6.36 Å². The third-order valence-electron chi connectivity index (χ3n) is 1.38. The van der Waals surface area contributed by atoms with E-state index in [-0.39, 0.29) is 0 Å². The van der Waals surface area contributed by atoms with Crippen LogP contribution in [0.2, 0.25) is 0 Å². The molecule has 0 aliphatic rings. The van der Waals surface area contributed by atoms with Crippen LogP contribution in [-0.2, 0) is 10.9 Å². The van der Waals surface area contributed by atoms with Gasteiger partial charge in [0.15, 0.2) is 0 Å². The maximum Gasteiger partial charge on any atom is 0.573 e. The van der Waals surface area contributed by atoms with Gasteiger partial charge in [-0.2, -0.15) is 0 Å². The first-order valence-electron chi connectivity index (χ1n) is 3.74. The predicted molar refractivity (Wildman–Crippen MR) is 47.0 cm³/mol. The average molecular weight is 259 g/mol. The van der Waals surface area contributed by atoms with Gasteiger partial charge in [-0.15, -0.1) is 13.2 Å². The molecule has 0 aliphatic heterocycles. The number of hydrogen-bond acceptors (Lipinski definition) is 3. The highest BCUT2D eigenvalue weighted by molar-refractivity contribution is 7.73. The van der Waals surface area contributed by atoms with E-state index >= 15 is 0 Å². The quantitative estimate of drug-likeness (QED) is 0.641. The maximum absolute atomic E-state index is 12.9. The number of benzene rings is 1. The topological polar surface area (TPSA) is 55.4 Å². The highest BCUT2D eigenvalue weighted by Gasteiger charge is 2.31. The van der Waals surface area contributed by atoms with Crippen molar-refractivity contribution in [2.45, 2.75) is 6.36 Å². The van der Waals surface area contributed by atoms with Gasteiger partial charge in [-0.1, -0.05) is 0 Å². The van der Waals surface area contributed by atoms with Gasteiger partial charge in [-0.3, -0.25) is 4.72 Å². The summed E-state index contributed by atoms with van der Waals surface area (Å²) in [4.78, 5) is 0. The Morgan fingerprint density at radius 2 is 1.88 bits per heavy atom. The van der Waals surface area contributed by atoms with Crippen LogP contribution in [0.3, 0.4) is 0 Å². The number of nitrogens with one attached hydrogen (secondary N) is 1. The molecule has 0 bridgehead atoms. The van der Waals surface area contributed by atoms with E-state index in [0.29, 0.717) is 12.1 Å². The molecule has 0 fully saturated rings. The Morgan fingerprint density at radius 3 is 2.38 bits per heavy atom. The first kappa shape index (κ1) is 12.6. The fraction of sp³-hybridized carbons (Fsp3) is 0.143. The molecule has 1 rings (SSSR count). The van der Waals surface area contributed by atoms with E-state index in [2.05, 4.69) is 4.74 Å². The molecular formula is C7H5F4NO3S. The summed E-state index contributed by atoms with van der Waals surface area (Å²) in [5.41, 5.74) is -0.613. The molecule has 0 aliphatic carbocycles. The molecular weight excluding hydrogens is 254 g/mol. The molecule has 1 aromatic rings. The summed E-state index contributed by atoms with van der Waals surface area (Å²) < 4.78 is 73.8. The van der Waals surface area contributed by atoms with E-state index in [1.54, 1.807) is 4.72 Å². The lowest BCUT2D eigenvalue weighted by Gasteiger charge is -2.10. The zero-order chi connectivity index (χ0) is 12.3. The van der Waals surface area contributed by atoms with Gasteiger partial charge in [0.05, 0.1) is 5.69 Å². The van der Waals surface area contributed by atoms with Crippen LogP contribution in [0.5, 0.6) is 5.75 Å². The van der Waals surface area contributed by atoms with Crippen molar-refractivity contribution in [3.8, 4) is 5.75 Å². The molecule has 0 radical (unpaired) electrons. The molecule has 0 saturated carbocycles. The normalized spacial score (nSPS) is 11.6. The van der Waals surface area contributed by atoms with Crippen molar-refractivity contribution < 1.29 is 30.7 Å². The van der Waals surface area contributed by atoms with Crippen molar-refractivity contribution in [3.63, 3.8) is 0 Å². The van der Waals surface area contributed by atoms with Crippen LogP contribution in [0.1, 0.15) is 0 Å². The fourth-order valence-corrected chi connectivity index (χ4v) is 1.25. The van der Waals surface area contributed by atoms with E-state index in [9.17, 15) is 26.0 Å². The Balaban J connectivity index is 2.98. The molecule has 0 heterocycles. The molecule has 0 aromatic heterocycles. The van der Waals surface area contributed by atoms with Crippen LogP contribution in [0, 0.1) is 5.82 Å². The van der Waals surface area contributed by atoms with Gasteiger partial charge in [-0.25, -0.2) is 12.8 Å². The number of thiol groups is 1. The number of rotatable bonds is 3. The number of hydrogen-bond donors (Lipinski definition) is 2. The number of anilines is 1. The van der Waals surface area contributed by atoms with Crippen molar-refractivity contribution in [1.29, 1.82) is 0 Å². The van der Waals surface area contributed by atoms with Gasteiger partial charge in [0.2, 0.25) is 10.9 Å². The number of alkyl halides is 3. The molecule has 1 aromatic carbocycles. The van der Waals surface area contributed by atoms with Crippen LogP contribution < -0.4 is 9.46 Å². The Hall–Kier alpha value is -1.51. The zero-order valence-corrected chi connectivity index (χ0v) is 8.31. The fourth-order valence-electron chi connectivity index (χ4n) is 0.886. The second-order valence-corrected chi connectivity index (χ2v) is 3.30. The molecule has 90 valence electrons. The number of ether oxygens (including phenoxy) is 1. The van der Waals surface area contributed by atoms with Gasteiger partial charge < -0.3 is 4.74 Å². The second kappa shape index (κ2) is 4.56. The van der Waals surface area contributed by atoms with Gasteiger partial charge in [-0.05, 0) is 12.1 Å². The Bertz CT molecular complexity index is 449. The van der Waals surface area contributed by atoms with Crippen molar-refractivity contribution >= 4 is 16.6 Å². The average Bonchev–Trinajstić information content (AvgIpc) is 2.07. The standard InChI is InChI=1S/C7H5F4NO3S/c8-5-2-1-4(15-7(9,10)11)3-6(5)12-16(13)14/h1-3,16H,(H,12,13,14). The summed E-state index contributed by atoms with van der Waals surface area (Å²) in [7, 11) is -3.17. The molecule has 1 N–H and O–H groups in total. The van der Waals surface area contributed by atoms with Crippen LogP contribution >= 0.6 is 0 Å². The van der Waals surface area contributed by atoms with Gasteiger partial charge in [0.25, 0.3) is 0 Å². The minimum absolute atomic E-state index is 0.591. The minimum Gasteiger partial charge on any atom is -0.406 e. The van der Waals surface area contributed by atoms with Crippen LogP contribution in [0.25, 0.3) is 0 Å². The molecule has 0 atom stereocenters. The predicted octanol–water partition coefficient (Wildman–Crippen LogP) is 1.66. The molecule has 4 nitrogen and oxygen atoms in total. The molecule has 0 spiro atoms. The molecule has 0 unspecified atom stereocenters. The van der Waals surface area contributed by atoms with Crippen LogP contribution in [0.4, 0.5) is 23.2 Å². The highest BCUT2D eigenvalue weighted by Crippen LogP contribution is 2.26. The molecule has 16 heavy (non-hydrogen) atoms. The minimum atomic E-state index is -4.92. The molecule has 0 saturated heterocycles. The Kier molecular flexibility index (Phi) is 3.58. The summed E-state index contributed by atoms with van der Waals surface area (Å²) in [5, 5.41) is 0. The Labute approximate surface area is 88.9 Å². The smallest absolute Gasteiger partial charge is 0.406 e. The van der Waals surface area contributed by atoms with Crippen LogP contribution in [0.15, 0.2) is 18.2 Å². The largest absolute Gasteiger partial charge is 0.573 e. The van der Waals surface area contributed by atoms with Gasteiger partial charge in [0.1, 0.15) is 11.6 Å². The lowest BCUT2D eigenvalue weighted by atomic mass is 10.3. The number of halogens is 4. The highest BCUT2D eigenvalue weighted by atomic mass is 32.2. The SMILES string of the molecule is O=[SH](=O)Nc1cc(OC(F)(F)F)ccc1F. The lowest BCUT2D eigenvalue weighted by Crippen LogP contribution is -2.17. The van der Waals surface area contributed by atoms with E-state index in [0.717, 1.165) is 6.07 Å². The van der Waals surface area contributed by atoms with Crippen LogP contribution in [-0.4, -0.2) is 14.8 Å². The van der Waals surface area contributed by atoms with Crippen molar-refractivity contribution in [1.82, 2.24) is 0 Å². The molecule has 0 amide bonds. The lowest BCUT2D eigenvalue weighted by molar-refractivity contribution is -0.274. The van der Waals surface area contributed by atoms with Crippen molar-refractivity contribution in [2.75, 3.05) is 4.72 Å². The monoisotopic (exact) mass is 259 g/mol. The summed E-state index contributed by atoms with van der Waals surface area (Å²) in [6.07, 6.45) is -4.92. The summed E-state index contributed by atoms with van der Waals surface area (Å²) in [5.74, 6) is -1.72. The maximum atomic E-state index is 12.9. The first-order chi connectivity index (χ1) is 7.28. The van der Waals surface area contributed by atoms with E-state index in [4.69, 9.17) is 0 Å². The summed E-state index contributed by atoms with van der Waals surface area (Å²) >= 11 is 0. The Morgan fingerprint density at radius 1 is 1.25 bits per heavy atom. The van der Waals surface area contributed by atoms with Crippen molar-refractivity contribution in [3.05, 3.63) is 24.0 Å². The van der Waals surface area contributed by atoms with Gasteiger partial charge in [0, 0.05) is 6.07 Å². The van der Waals surface area contributed by atoms with E-state index in [1.165, 1.54) is 0 Å². The third-order valence-corrected chi connectivity index (χ3v) is 1.81. The van der Waals surface area contributed by atoms with Crippen molar-refractivity contribution in [2.24, 2.45) is 0 Å². The second-order valence-electron chi connectivity index (χ2n) is 2.56. The summed E-state index contributed by atoms with van der Waals surface area (Å²) in [6.45, 7) is 0. The zero-order valence-electron chi connectivity index (χ0n) is 7.42. The van der Waals surface area contributed by atoms with E-state index in [1.807, 2.05) is 0 Å². The molecule has 9 heteroatoms.